The minimum absolute atomic E-state index is 0.0250. The van der Waals surface area contributed by atoms with Crippen LogP contribution in [0.4, 0.5) is 5.82 Å². The van der Waals surface area contributed by atoms with Gasteiger partial charge in [0.1, 0.15) is 0 Å². The second kappa shape index (κ2) is 4.45. The minimum Gasteiger partial charge on any atom is -0.476 e. The molecule has 0 spiro atoms. The summed E-state index contributed by atoms with van der Waals surface area (Å²) < 4.78 is 24.8. The Morgan fingerprint density at radius 1 is 1.55 bits per heavy atom. The van der Waals surface area contributed by atoms with E-state index in [1.165, 1.54) is 15.7 Å². The number of carbonyl (C=O) groups is 1. The van der Waals surface area contributed by atoms with E-state index in [1.54, 1.807) is 23.4 Å². The molecule has 1 atom stereocenters. The average molecular weight is 315 g/mol. The number of thiazole rings is 1. The number of hydrogen-bond donors (Lipinski definition) is 1. The largest absolute Gasteiger partial charge is 0.476 e. The van der Waals surface area contributed by atoms with Gasteiger partial charge >= 0.3 is 5.97 Å². The lowest BCUT2D eigenvalue weighted by atomic mass is 10.3. The van der Waals surface area contributed by atoms with Gasteiger partial charge in [-0.3, -0.25) is 4.40 Å². The van der Waals surface area contributed by atoms with Gasteiger partial charge in [0, 0.05) is 24.2 Å². The van der Waals surface area contributed by atoms with Crippen molar-refractivity contribution >= 4 is 37.9 Å². The Bertz CT molecular complexity index is 777. The number of aromatic carboxylic acids is 1. The van der Waals surface area contributed by atoms with Crippen LogP contribution in [0.5, 0.6) is 0 Å². The van der Waals surface area contributed by atoms with Gasteiger partial charge in [-0.2, -0.15) is 0 Å². The van der Waals surface area contributed by atoms with E-state index in [0.717, 1.165) is 0 Å². The van der Waals surface area contributed by atoms with Crippen molar-refractivity contribution in [3.63, 3.8) is 0 Å². The molecule has 1 N–H and O–H groups in total. The van der Waals surface area contributed by atoms with Crippen molar-refractivity contribution < 1.29 is 18.3 Å². The summed E-state index contributed by atoms with van der Waals surface area (Å²) in [5.74, 6) is -0.656. The number of carboxylic acids is 1. The Morgan fingerprint density at radius 2 is 2.30 bits per heavy atom. The van der Waals surface area contributed by atoms with E-state index in [9.17, 15) is 18.3 Å². The van der Waals surface area contributed by atoms with E-state index in [0.29, 0.717) is 10.8 Å². The van der Waals surface area contributed by atoms with Gasteiger partial charge in [-0.1, -0.05) is 0 Å². The van der Waals surface area contributed by atoms with Crippen molar-refractivity contribution in [3.05, 3.63) is 17.3 Å². The molecule has 1 aliphatic heterocycles. The molecule has 1 aliphatic rings. The van der Waals surface area contributed by atoms with Gasteiger partial charge in [-0.15, -0.1) is 11.3 Å². The van der Waals surface area contributed by atoms with Gasteiger partial charge in [0.15, 0.2) is 26.3 Å². The molecule has 0 aliphatic carbocycles. The highest BCUT2D eigenvalue weighted by Crippen LogP contribution is 2.28. The molecule has 1 saturated heterocycles. The second-order valence-corrected chi connectivity index (χ2v) is 7.90. The van der Waals surface area contributed by atoms with Crippen LogP contribution in [0.15, 0.2) is 11.6 Å². The molecule has 2 aromatic rings. The molecule has 0 aromatic carbocycles. The third-order valence-corrected chi connectivity index (χ3v) is 5.94. The molecule has 108 valence electrons. The molecule has 20 heavy (non-hydrogen) atoms. The van der Waals surface area contributed by atoms with Crippen LogP contribution in [0.25, 0.3) is 4.96 Å². The van der Waals surface area contributed by atoms with Crippen LogP contribution in [0, 0.1) is 0 Å². The van der Waals surface area contributed by atoms with Gasteiger partial charge in [0.05, 0.1) is 11.5 Å². The Balaban J connectivity index is 2.08. The summed E-state index contributed by atoms with van der Waals surface area (Å²) in [7, 11) is -3.04. The second-order valence-electron chi connectivity index (χ2n) is 4.80. The van der Waals surface area contributed by atoms with E-state index >= 15 is 0 Å². The molecular weight excluding hydrogens is 302 g/mol. The van der Waals surface area contributed by atoms with Crippen molar-refractivity contribution in [3.8, 4) is 0 Å². The van der Waals surface area contributed by atoms with Crippen molar-refractivity contribution in [1.82, 2.24) is 9.38 Å². The van der Waals surface area contributed by atoms with Crippen LogP contribution < -0.4 is 4.90 Å². The predicted molar refractivity (Wildman–Crippen MR) is 75.5 cm³/mol. The van der Waals surface area contributed by atoms with Crippen LogP contribution in [0.2, 0.25) is 0 Å². The van der Waals surface area contributed by atoms with Gasteiger partial charge in [0.2, 0.25) is 0 Å². The lowest BCUT2D eigenvalue weighted by Gasteiger charge is -2.33. The van der Waals surface area contributed by atoms with Crippen LogP contribution in [0.3, 0.4) is 0 Å². The van der Waals surface area contributed by atoms with Crippen LogP contribution >= 0.6 is 11.3 Å². The first kappa shape index (κ1) is 13.4. The molecule has 3 heterocycles. The zero-order chi connectivity index (χ0) is 14.5. The van der Waals surface area contributed by atoms with E-state index in [2.05, 4.69) is 4.98 Å². The number of imidazole rings is 1. The van der Waals surface area contributed by atoms with Crippen LogP contribution in [-0.2, 0) is 9.84 Å². The summed E-state index contributed by atoms with van der Waals surface area (Å²) in [5, 5.41) is 11.2. The SMILES string of the molecule is CC1CS(=O)(=O)CCN1c1nc2sccn2c1C(=O)O. The van der Waals surface area contributed by atoms with Gasteiger partial charge in [-0.05, 0) is 6.92 Å². The number of fused-ring (bicyclic) bond motifs is 1. The Labute approximate surface area is 119 Å². The molecule has 1 unspecified atom stereocenters. The summed E-state index contributed by atoms with van der Waals surface area (Å²) in [6.45, 7) is 2.05. The highest BCUT2D eigenvalue weighted by atomic mass is 32.2. The highest BCUT2D eigenvalue weighted by molar-refractivity contribution is 7.91. The van der Waals surface area contributed by atoms with Gasteiger partial charge in [0.25, 0.3) is 0 Å². The number of nitrogens with zero attached hydrogens (tertiary/aromatic N) is 3. The molecular formula is C11H13N3O4S2. The van der Waals surface area contributed by atoms with E-state index in [1.807, 2.05) is 0 Å². The van der Waals surface area contributed by atoms with Gasteiger partial charge < -0.3 is 10.0 Å². The first-order valence-corrected chi connectivity index (χ1v) is 8.75. The average Bonchev–Trinajstić information content (AvgIpc) is 2.86. The summed E-state index contributed by atoms with van der Waals surface area (Å²) in [6.07, 6.45) is 1.66. The number of carboxylic acid groups (broad SMARTS) is 1. The Morgan fingerprint density at radius 3 is 2.95 bits per heavy atom. The molecule has 1 fully saturated rings. The third kappa shape index (κ3) is 2.06. The molecule has 9 heteroatoms. The standard InChI is InChI=1S/C11H13N3O4S2/c1-7-6-20(17,18)5-3-13(7)9-8(10(15)16)14-2-4-19-11(14)12-9/h2,4,7H,3,5-6H2,1H3,(H,15,16). The van der Waals surface area contributed by atoms with Crippen molar-refractivity contribution in [2.45, 2.75) is 13.0 Å². The van der Waals surface area contributed by atoms with Crippen LogP contribution in [0.1, 0.15) is 17.4 Å². The van der Waals surface area contributed by atoms with Gasteiger partial charge in [-0.25, -0.2) is 18.2 Å². The first-order chi connectivity index (χ1) is 9.39. The number of rotatable bonds is 2. The number of sulfone groups is 1. The summed E-state index contributed by atoms with van der Waals surface area (Å²) in [5.41, 5.74) is 0.0902. The molecule has 3 rings (SSSR count). The maximum absolute atomic E-state index is 11.6. The monoisotopic (exact) mass is 315 g/mol. The topological polar surface area (TPSA) is 92.0 Å². The minimum atomic E-state index is -3.04. The van der Waals surface area contributed by atoms with Crippen LogP contribution in [-0.4, -0.2) is 53.0 Å². The van der Waals surface area contributed by atoms with E-state index < -0.39 is 15.8 Å². The predicted octanol–water partition coefficient (Wildman–Crippen LogP) is 0.717. The maximum atomic E-state index is 11.6. The fraction of sp³-hybridized carbons (Fsp3) is 0.455. The van der Waals surface area contributed by atoms with Crippen molar-refractivity contribution in [2.24, 2.45) is 0 Å². The molecule has 0 bridgehead atoms. The highest BCUT2D eigenvalue weighted by Gasteiger charge is 2.33. The fourth-order valence-corrected chi connectivity index (χ4v) is 4.75. The van der Waals surface area contributed by atoms with Crippen molar-refractivity contribution in [1.29, 1.82) is 0 Å². The lowest BCUT2D eigenvalue weighted by Crippen LogP contribution is -2.47. The summed E-state index contributed by atoms with van der Waals surface area (Å²) >= 11 is 1.35. The smallest absolute Gasteiger partial charge is 0.356 e. The fourth-order valence-electron chi connectivity index (χ4n) is 2.49. The zero-order valence-electron chi connectivity index (χ0n) is 10.7. The first-order valence-electron chi connectivity index (χ1n) is 6.05. The number of aromatic nitrogens is 2. The molecule has 2 aromatic heterocycles. The summed E-state index contributed by atoms with van der Waals surface area (Å²) in [4.78, 5) is 18.2. The molecule has 0 radical (unpaired) electrons. The maximum Gasteiger partial charge on any atom is 0.356 e. The van der Waals surface area contributed by atoms with E-state index in [4.69, 9.17) is 0 Å². The zero-order valence-corrected chi connectivity index (χ0v) is 12.3. The third-order valence-electron chi connectivity index (χ3n) is 3.39. The molecule has 7 nitrogen and oxygen atoms in total. The quantitative estimate of drug-likeness (QED) is 0.878. The van der Waals surface area contributed by atoms with Crippen molar-refractivity contribution in [2.75, 3.05) is 23.0 Å². The normalized spacial score (nSPS) is 22.2. The number of anilines is 1. The molecule has 0 saturated carbocycles. The lowest BCUT2D eigenvalue weighted by molar-refractivity contribution is 0.0690. The Hall–Kier alpha value is -1.61. The summed E-state index contributed by atoms with van der Waals surface area (Å²) in [6, 6.07) is -0.281. The number of hydrogen-bond acceptors (Lipinski definition) is 6. The Kier molecular flexibility index (Phi) is 2.98. The molecule has 0 amide bonds. The van der Waals surface area contributed by atoms with E-state index in [-0.39, 0.29) is 29.8 Å².